The summed E-state index contributed by atoms with van der Waals surface area (Å²) in [7, 11) is 0. The molecule has 0 aliphatic rings. The first-order valence-electron chi connectivity index (χ1n) is 25.0. The third-order valence-corrected chi connectivity index (χ3v) is 14.0. The second-order valence-electron chi connectivity index (χ2n) is 18.4. The minimum atomic E-state index is 0. The van der Waals surface area contributed by atoms with Gasteiger partial charge in [-0.05, 0) is 104 Å². The summed E-state index contributed by atoms with van der Waals surface area (Å²) in [6, 6.07) is 101. The SMILES string of the molecule is [Pt+2].[c-]1cccc(-n2c3cc(-c4ccccc4)ccc3c3ccc(-c4ccccc4)cc32)c1-c1ccccn1.[c-]1cccc(-n2c3cc(-c4ccccc4)ccc3c3ccc(-c4ccccc4)cc32)c1-c1ccccn1. The van der Waals surface area contributed by atoms with E-state index in [9.17, 15) is 0 Å². The normalized spacial score (nSPS) is 11.1. The Labute approximate surface area is 450 Å². The van der Waals surface area contributed by atoms with Crippen molar-refractivity contribution in [3.63, 3.8) is 0 Å². The van der Waals surface area contributed by atoms with Crippen molar-refractivity contribution in [3.05, 3.63) is 291 Å². The summed E-state index contributed by atoms with van der Waals surface area (Å²) in [6.45, 7) is 0. The Bertz CT molecular complexity index is 3800. The Morgan fingerprint density at radius 1 is 0.267 bits per heavy atom. The fraction of sp³-hybridized carbons (Fsp3) is 0. The van der Waals surface area contributed by atoms with E-state index in [0.29, 0.717) is 0 Å². The molecule has 0 spiro atoms. The van der Waals surface area contributed by atoms with Gasteiger partial charge in [0, 0.05) is 56.0 Å². The van der Waals surface area contributed by atoms with E-state index in [1.165, 1.54) is 88.1 Å². The number of aromatic nitrogens is 4. The number of nitrogens with zero attached hydrogens (tertiary/aromatic N) is 4. The van der Waals surface area contributed by atoms with Crippen LogP contribution in [0.3, 0.4) is 0 Å². The van der Waals surface area contributed by atoms with Crippen LogP contribution in [0.1, 0.15) is 0 Å². The van der Waals surface area contributed by atoms with Crippen molar-refractivity contribution in [3.8, 4) is 78.4 Å². The minimum absolute atomic E-state index is 0. The fourth-order valence-corrected chi connectivity index (χ4v) is 10.5. The molecule has 4 heterocycles. The van der Waals surface area contributed by atoms with Crippen molar-refractivity contribution in [2.75, 3.05) is 0 Å². The Morgan fingerprint density at radius 2 is 0.560 bits per heavy atom. The maximum absolute atomic E-state index is 4.67. The molecule has 0 N–H and O–H groups in total. The van der Waals surface area contributed by atoms with Crippen LogP contribution in [0.4, 0.5) is 0 Å². The van der Waals surface area contributed by atoms with Gasteiger partial charge in [-0.3, -0.25) is 0 Å². The van der Waals surface area contributed by atoms with Gasteiger partial charge in [-0.1, -0.05) is 194 Å². The van der Waals surface area contributed by atoms with E-state index in [-0.39, 0.29) is 21.1 Å². The molecule has 4 nitrogen and oxygen atoms in total. The molecule has 356 valence electrons. The van der Waals surface area contributed by atoms with E-state index in [2.05, 4.69) is 250 Å². The van der Waals surface area contributed by atoms with Crippen LogP contribution >= 0.6 is 0 Å². The third kappa shape index (κ3) is 8.97. The number of benzene rings is 10. The molecule has 0 aliphatic heterocycles. The number of fused-ring (bicyclic) bond motifs is 6. The summed E-state index contributed by atoms with van der Waals surface area (Å²) in [4.78, 5) is 9.33. The van der Waals surface area contributed by atoms with Crippen LogP contribution in [0, 0.1) is 12.1 Å². The first-order valence-corrected chi connectivity index (χ1v) is 25.0. The molecule has 0 saturated carbocycles. The molecule has 0 bridgehead atoms. The van der Waals surface area contributed by atoms with Gasteiger partial charge in [0.25, 0.3) is 0 Å². The molecule has 10 aromatic carbocycles. The standard InChI is InChI=1S/2C35H23N2.Pt/c2*1-3-11-25(12-4-1)27-18-20-29-30-21-19-28(26-13-5-2-6-14-26)24-35(30)37(34(29)23-27)33-17-8-7-15-31(33)32-16-9-10-22-36-32;/h2*1-14,16-24H;/q2*-1;+2. The van der Waals surface area contributed by atoms with Gasteiger partial charge in [0.05, 0.1) is 0 Å². The molecule has 0 saturated heterocycles. The molecule has 14 rings (SSSR count). The smallest absolute Gasteiger partial charge is 0.351 e. The molecule has 0 aliphatic carbocycles. The predicted molar refractivity (Wildman–Crippen MR) is 307 cm³/mol. The van der Waals surface area contributed by atoms with Crippen LogP contribution in [0.25, 0.3) is 122 Å². The number of pyridine rings is 2. The van der Waals surface area contributed by atoms with Crippen molar-refractivity contribution >= 4 is 43.6 Å². The fourth-order valence-electron chi connectivity index (χ4n) is 10.5. The zero-order valence-corrected chi connectivity index (χ0v) is 42.9. The van der Waals surface area contributed by atoms with Gasteiger partial charge in [-0.25, -0.2) is 0 Å². The van der Waals surface area contributed by atoms with E-state index in [1.807, 2.05) is 60.9 Å². The van der Waals surface area contributed by atoms with Crippen LogP contribution in [-0.4, -0.2) is 19.1 Å². The van der Waals surface area contributed by atoms with E-state index in [0.717, 1.165) is 33.9 Å². The average molecular weight is 1140 g/mol. The van der Waals surface area contributed by atoms with Crippen LogP contribution in [0.15, 0.2) is 279 Å². The van der Waals surface area contributed by atoms with Crippen molar-refractivity contribution in [1.82, 2.24) is 19.1 Å². The molecule has 14 aromatic rings. The molecule has 0 amide bonds. The molecule has 0 radical (unpaired) electrons. The largest absolute Gasteiger partial charge is 2.00 e. The van der Waals surface area contributed by atoms with Gasteiger partial charge in [0.2, 0.25) is 0 Å². The topological polar surface area (TPSA) is 35.6 Å². The zero-order valence-electron chi connectivity index (χ0n) is 40.7. The number of rotatable bonds is 8. The van der Waals surface area contributed by atoms with Crippen molar-refractivity contribution in [2.24, 2.45) is 0 Å². The molecule has 0 unspecified atom stereocenters. The third-order valence-electron chi connectivity index (χ3n) is 14.0. The Balaban J connectivity index is 0.000000150. The quantitative estimate of drug-likeness (QED) is 0.142. The Kier molecular flexibility index (Phi) is 12.9. The summed E-state index contributed by atoms with van der Waals surface area (Å²) in [5.74, 6) is 0. The molecule has 0 atom stereocenters. The maximum atomic E-state index is 4.67. The van der Waals surface area contributed by atoms with Crippen molar-refractivity contribution in [2.45, 2.75) is 0 Å². The molecule has 5 heteroatoms. The van der Waals surface area contributed by atoms with Gasteiger partial charge < -0.3 is 19.1 Å². The Morgan fingerprint density at radius 3 is 0.840 bits per heavy atom. The van der Waals surface area contributed by atoms with Crippen LogP contribution in [0.5, 0.6) is 0 Å². The van der Waals surface area contributed by atoms with E-state index in [4.69, 9.17) is 0 Å². The van der Waals surface area contributed by atoms with Crippen LogP contribution in [-0.2, 0) is 21.1 Å². The maximum Gasteiger partial charge on any atom is 2.00 e. The summed E-state index contributed by atoms with van der Waals surface area (Å²) in [5, 5.41) is 4.91. The van der Waals surface area contributed by atoms with Gasteiger partial charge in [-0.2, -0.15) is 0 Å². The molecular formula is C70H46N4Pt. The average Bonchev–Trinajstić information content (AvgIpc) is 4.03. The first-order chi connectivity index (χ1) is 36.7. The van der Waals surface area contributed by atoms with Gasteiger partial charge in [0.1, 0.15) is 0 Å². The summed E-state index contributed by atoms with van der Waals surface area (Å²) in [5.41, 5.74) is 20.2. The van der Waals surface area contributed by atoms with E-state index < -0.39 is 0 Å². The monoisotopic (exact) mass is 1140 g/mol. The van der Waals surface area contributed by atoms with Crippen LogP contribution < -0.4 is 0 Å². The first kappa shape index (κ1) is 46.8. The molecule has 75 heavy (non-hydrogen) atoms. The van der Waals surface area contributed by atoms with E-state index >= 15 is 0 Å². The van der Waals surface area contributed by atoms with E-state index in [1.54, 1.807) is 0 Å². The van der Waals surface area contributed by atoms with Crippen molar-refractivity contribution in [1.29, 1.82) is 0 Å². The van der Waals surface area contributed by atoms with Gasteiger partial charge >= 0.3 is 21.1 Å². The second kappa shape index (κ2) is 20.7. The predicted octanol–water partition coefficient (Wildman–Crippen LogP) is 18.0. The van der Waals surface area contributed by atoms with Crippen molar-refractivity contribution < 1.29 is 21.1 Å². The minimum Gasteiger partial charge on any atom is -0.351 e. The summed E-state index contributed by atoms with van der Waals surface area (Å²) < 4.78 is 4.76. The number of hydrogen-bond donors (Lipinski definition) is 0. The molecular weight excluding hydrogens is 1090 g/mol. The number of hydrogen-bond acceptors (Lipinski definition) is 2. The zero-order chi connectivity index (χ0) is 49.2. The van der Waals surface area contributed by atoms with Gasteiger partial charge in [0.15, 0.2) is 0 Å². The molecule has 0 fully saturated rings. The second-order valence-corrected chi connectivity index (χ2v) is 18.4. The van der Waals surface area contributed by atoms with Crippen LogP contribution in [0.2, 0.25) is 0 Å². The summed E-state index contributed by atoms with van der Waals surface area (Å²) in [6.07, 6.45) is 3.68. The van der Waals surface area contributed by atoms with Gasteiger partial charge in [-0.15, -0.1) is 59.7 Å². The summed E-state index contributed by atoms with van der Waals surface area (Å²) >= 11 is 0. The molecule has 4 aromatic heterocycles. The Hall–Kier alpha value is -9.21.